The van der Waals surface area contributed by atoms with E-state index in [1.165, 1.54) is 26.0 Å². The zero-order valence-electron chi connectivity index (χ0n) is 27.2. The molecule has 2 heterocycles. The lowest BCUT2D eigenvalue weighted by Gasteiger charge is -2.40. The van der Waals surface area contributed by atoms with Gasteiger partial charge in [0.2, 0.25) is 21.8 Å². The molecule has 0 spiro atoms. The van der Waals surface area contributed by atoms with Crippen molar-refractivity contribution in [2.75, 3.05) is 13.2 Å². The van der Waals surface area contributed by atoms with Crippen molar-refractivity contribution < 1.29 is 53.4 Å². The molecule has 1 fully saturated rings. The molecule has 18 nitrogen and oxygen atoms in total. The van der Waals surface area contributed by atoms with Crippen molar-refractivity contribution in [3.63, 3.8) is 0 Å². The first-order valence-corrected chi connectivity index (χ1v) is 16.8. The van der Waals surface area contributed by atoms with Gasteiger partial charge in [-0.2, -0.15) is 0 Å². The zero-order chi connectivity index (χ0) is 37.6. The first-order valence-electron chi connectivity index (χ1n) is 15.3. The third-order valence-corrected chi connectivity index (χ3v) is 9.58. The van der Waals surface area contributed by atoms with Crippen LogP contribution in [-0.2, 0) is 29.8 Å². The average Bonchev–Trinajstić information content (AvgIpc) is 3.50. The molecule has 1 aliphatic heterocycles. The topological polar surface area (TPSA) is 328 Å². The van der Waals surface area contributed by atoms with Crippen molar-refractivity contribution in [1.82, 2.24) is 20.6 Å². The van der Waals surface area contributed by atoms with Crippen LogP contribution in [0.1, 0.15) is 25.0 Å². The summed E-state index contributed by atoms with van der Waals surface area (Å²) in [5.41, 5.74) is 5.39. The van der Waals surface area contributed by atoms with Crippen LogP contribution in [0, 0.1) is 5.41 Å². The number of hydrogen-bond donors (Lipinski definition) is 12. The second-order valence-corrected chi connectivity index (χ2v) is 14.1. The molecule has 5 atom stereocenters. The number of phenolic OH excluding ortho intramolecular Hbond substituents is 2. The Morgan fingerprint density at radius 3 is 2.35 bits per heavy atom. The summed E-state index contributed by atoms with van der Waals surface area (Å²) in [6, 6.07) is 9.26. The van der Waals surface area contributed by atoms with E-state index in [0.29, 0.717) is 16.6 Å². The molecule has 1 aliphatic rings. The van der Waals surface area contributed by atoms with Crippen molar-refractivity contribution in [2.45, 2.75) is 54.8 Å². The molecule has 5 rings (SSSR count). The van der Waals surface area contributed by atoms with Gasteiger partial charge in [0.05, 0.1) is 40.1 Å². The van der Waals surface area contributed by atoms with E-state index >= 15 is 0 Å². The van der Waals surface area contributed by atoms with Gasteiger partial charge in [-0.15, -0.1) is 0 Å². The molecule has 272 valence electrons. The van der Waals surface area contributed by atoms with E-state index in [1.54, 1.807) is 18.2 Å². The second-order valence-electron chi connectivity index (χ2n) is 12.5. The van der Waals surface area contributed by atoms with E-state index in [-0.39, 0.29) is 38.8 Å². The number of hydrogen-bond acceptors (Lipinski definition) is 13. The standard InChI is InChI=1S/C32H37N7O11S/c1-32(2,31(47)36-11-23(42)39-24-27(45)26(44)22(12-40)50-30(24)46)14-8-17(16-10-15(51(35,48)49)4-6-21(16)41)25(43)18(9-14)29-37-19-5-3-13(28(33)34)7-20(19)38-29/h3-10,22,24,26-27,30,40-41,43-46H,11-12H2,1-2H3,(H3,33,34)(H,36,47)(H,37,38)(H,39,42)(H2,35,48,49). The maximum Gasteiger partial charge on any atom is 0.239 e. The number of aliphatic hydroxyl groups is 4. The number of amidine groups is 1. The third-order valence-electron chi connectivity index (χ3n) is 8.67. The molecule has 0 saturated carbocycles. The molecule has 14 N–H and O–H groups in total. The van der Waals surface area contributed by atoms with Gasteiger partial charge >= 0.3 is 0 Å². The smallest absolute Gasteiger partial charge is 0.239 e. The van der Waals surface area contributed by atoms with Gasteiger partial charge in [0.25, 0.3) is 0 Å². The summed E-state index contributed by atoms with van der Waals surface area (Å²) < 4.78 is 29.4. The number of H-pyrrole nitrogens is 1. The summed E-state index contributed by atoms with van der Waals surface area (Å²) in [6.07, 6.45) is -6.39. The minimum absolute atomic E-state index is 0.0297. The monoisotopic (exact) mass is 727 g/mol. The fourth-order valence-electron chi connectivity index (χ4n) is 5.60. The number of fused-ring (bicyclic) bond motifs is 1. The van der Waals surface area contributed by atoms with Crippen LogP contribution in [-0.4, -0.2) is 110 Å². The number of aromatic hydroxyl groups is 2. The molecule has 3 aromatic carbocycles. The summed E-state index contributed by atoms with van der Waals surface area (Å²) in [7, 11) is -4.25. The maximum atomic E-state index is 13.7. The van der Waals surface area contributed by atoms with E-state index in [2.05, 4.69) is 20.6 Å². The molecule has 0 aliphatic carbocycles. The number of aliphatic hydroxyl groups excluding tert-OH is 4. The Kier molecular flexibility index (Phi) is 10.1. The number of rotatable bonds is 10. The van der Waals surface area contributed by atoms with Gasteiger partial charge in [-0.3, -0.25) is 15.0 Å². The number of primary sulfonamides is 1. The summed E-state index contributed by atoms with van der Waals surface area (Å²) in [4.78, 5) is 33.6. The van der Waals surface area contributed by atoms with Crippen LogP contribution >= 0.6 is 0 Å². The number of phenols is 2. The predicted octanol–water partition coefficient (Wildman–Crippen LogP) is -1.45. The number of ether oxygens (including phenoxy) is 1. The highest BCUT2D eigenvalue weighted by atomic mass is 32.2. The van der Waals surface area contributed by atoms with Gasteiger partial charge in [-0.1, -0.05) is 0 Å². The van der Waals surface area contributed by atoms with Crippen molar-refractivity contribution in [3.05, 3.63) is 59.7 Å². The zero-order valence-corrected chi connectivity index (χ0v) is 28.0. The average molecular weight is 728 g/mol. The van der Waals surface area contributed by atoms with Crippen molar-refractivity contribution in [3.8, 4) is 34.0 Å². The van der Waals surface area contributed by atoms with Crippen LogP contribution < -0.4 is 21.5 Å². The largest absolute Gasteiger partial charge is 0.507 e. The number of benzene rings is 3. The number of imidazole rings is 1. The molecule has 4 aromatic rings. The van der Waals surface area contributed by atoms with Gasteiger partial charge in [-0.25, -0.2) is 18.5 Å². The Morgan fingerprint density at radius 2 is 1.71 bits per heavy atom. The lowest BCUT2D eigenvalue weighted by Crippen LogP contribution is -2.64. The van der Waals surface area contributed by atoms with E-state index in [4.69, 9.17) is 21.0 Å². The molecule has 5 unspecified atom stereocenters. The van der Waals surface area contributed by atoms with Gasteiger partial charge in [-0.05, 0) is 67.9 Å². The summed E-state index contributed by atoms with van der Waals surface area (Å²) in [5, 5.41) is 80.1. The molecular formula is C32H37N7O11S. The number of nitrogens with two attached hydrogens (primary N) is 2. The van der Waals surface area contributed by atoms with Crippen molar-refractivity contribution >= 4 is 38.7 Å². The van der Waals surface area contributed by atoms with Gasteiger partial charge < -0.3 is 56.7 Å². The van der Waals surface area contributed by atoms with Crippen LogP contribution in [0.5, 0.6) is 11.5 Å². The SMILES string of the molecule is CC(C)(C(=O)NCC(=O)NC1C(O)OC(CO)C(O)C1O)c1cc(-c2nc3ccc(C(=N)N)cc3[nH]2)c(O)c(-c2cc(S(N)(=O)=O)ccc2O)c1. The van der Waals surface area contributed by atoms with Crippen molar-refractivity contribution in [2.24, 2.45) is 10.9 Å². The Labute approximate surface area is 290 Å². The number of amides is 2. The highest BCUT2D eigenvalue weighted by Gasteiger charge is 2.44. The highest BCUT2D eigenvalue weighted by Crippen LogP contribution is 2.44. The summed E-state index contributed by atoms with van der Waals surface area (Å²) in [6.45, 7) is 1.63. The molecule has 0 radical (unpaired) electrons. The Hall–Kier alpha value is -5.15. The van der Waals surface area contributed by atoms with Crippen LogP contribution in [0.15, 0.2) is 53.4 Å². The number of aromatic nitrogens is 2. The number of nitrogen functional groups attached to an aromatic ring is 1. The second kappa shape index (κ2) is 13.9. The first-order chi connectivity index (χ1) is 23.8. The number of carbonyl (C=O) groups excluding carboxylic acids is 2. The van der Waals surface area contributed by atoms with Gasteiger partial charge in [0.15, 0.2) is 6.29 Å². The predicted molar refractivity (Wildman–Crippen MR) is 181 cm³/mol. The minimum Gasteiger partial charge on any atom is -0.507 e. The maximum absolute atomic E-state index is 13.7. The number of sulfonamides is 1. The number of nitrogens with one attached hydrogen (secondary N) is 4. The normalized spacial score (nSPS) is 21.0. The molecule has 0 bridgehead atoms. The number of carbonyl (C=O) groups is 2. The number of aromatic amines is 1. The van der Waals surface area contributed by atoms with Crippen LogP contribution in [0.2, 0.25) is 0 Å². The Balaban J connectivity index is 1.52. The Morgan fingerprint density at radius 1 is 1.02 bits per heavy atom. The quantitative estimate of drug-likeness (QED) is 0.0658. The summed E-state index contributed by atoms with van der Waals surface area (Å²) in [5.74, 6) is -2.58. The fraction of sp³-hybridized carbons (Fsp3) is 0.312. The molecule has 1 saturated heterocycles. The lowest BCUT2D eigenvalue weighted by atomic mass is 9.80. The number of nitrogens with zero attached hydrogens (tertiary/aromatic N) is 1. The van der Waals surface area contributed by atoms with Crippen LogP contribution in [0.25, 0.3) is 33.5 Å². The molecular weight excluding hydrogens is 690 g/mol. The molecule has 19 heteroatoms. The van der Waals surface area contributed by atoms with E-state index in [9.17, 15) is 48.6 Å². The Bertz CT molecular complexity index is 2140. The highest BCUT2D eigenvalue weighted by molar-refractivity contribution is 7.89. The van der Waals surface area contributed by atoms with Crippen molar-refractivity contribution in [1.29, 1.82) is 5.41 Å². The minimum atomic E-state index is -4.25. The van der Waals surface area contributed by atoms with Crippen LogP contribution in [0.3, 0.4) is 0 Å². The molecule has 1 aromatic heterocycles. The van der Waals surface area contributed by atoms with Crippen LogP contribution in [0.4, 0.5) is 0 Å². The molecule has 51 heavy (non-hydrogen) atoms. The van der Waals surface area contributed by atoms with Gasteiger partial charge in [0.1, 0.15) is 47.5 Å². The first kappa shape index (κ1) is 37.1. The fourth-order valence-corrected chi connectivity index (χ4v) is 6.14. The lowest BCUT2D eigenvalue weighted by molar-refractivity contribution is -0.253. The summed E-state index contributed by atoms with van der Waals surface area (Å²) >= 11 is 0. The van der Waals surface area contributed by atoms with E-state index < -0.39 is 82.5 Å². The molecule has 2 amide bonds. The van der Waals surface area contributed by atoms with E-state index in [1.807, 2.05) is 0 Å². The van der Waals surface area contributed by atoms with E-state index in [0.717, 1.165) is 18.2 Å². The van der Waals surface area contributed by atoms with Gasteiger partial charge in [0, 0.05) is 16.7 Å². The third kappa shape index (κ3) is 7.35.